The average molecular weight is 392 g/mol. The van der Waals surface area contributed by atoms with E-state index in [4.69, 9.17) is 9.84 Å². The molecule has 10 heteroatoms. The van der Waals surface area contributed by atoms with Crippen molar-refractivity contribution in [1.29, 1.82) is 0 Å². The fourth-order valence-corrected chi connectivity index (χ4v) is 3.94. The van der Waals surface area contributed by atoms with E-state index in [9.17, 15) is 4.79 Å². The van der Waals surface area contributed by atoms with Crippen LogP contribution < -0.4 is 4.74 Å². The fourth-order valence-electron chi connectivity index (χ4n) is 3.94. The third kappa shape index (κ3) is 2.67. The number of carbonyl (C=O) groups excluding carboxylic acids is 1. The van der Waals surface area contributed by atoms with E-state index in [1.54, 1.807) is 36.8 Å². The Kier molecular flexibility index (Phi) is 3.86. The SMILES string of the molecule is COc1cccn2nc(C3c4nc[nH]c4CCN3C(=O)c3nc(C)nn3C)cc12. The summed E-state index contributed by atoms with van der Waals surface area (Å²) in [6.45, 7) is 2.29. The number of hydrogen-bond acceptors (Lipinski definition) is 6. The summed E-state index contributed by atoms with van der Waals surface area (Å²) in [5.74, 6) is 1.37. The molecule has 0 bridgehead atoms. The maximum absolute atomic E-state index is 13.4. The van der Waals surface area contributed by atoms with Crippen LogP contribution in [0.3, 0.4) is 0 Å². The molecule has 1 aliphatic rings. The lowest BCUT2D eigenvalue weighted by Gasteiger charge is -2.33. The van der Waals surface area contributed by atoms with Gasteiger partial charge in [-0.2, -0.15) is 10.2 Å². The molecule has 0 radical (unpaired) electrons. The lowest BCUT2D eigenvalue weighted by molar-refractivity contribution is 0.0669. The number of imidazole rings is 1. The van der Waals surface area contributed by atoms with E-state index in [1.807, 2.05) is 24.4 Å². The van der Waals surface area contributed by atoms with Gasteiger partial charge in [0.1, 0.15) is 23.1 Å². The highest BCUT2D eigenvalue weighted by Gasteiger charge is 2.37. The molecule has 5 heterocycles. The standard InChI is InChI=1S/C19H20N8O2/c1-11-22-18(25(2)23-11)19(28)26-8-6-12-16(21-10-20-12)17(26)13-9-14-15(29-3)5-4-7-27(14)24-13/h4-5,7,9-10,17H,6,8H2,1-3H3,(H,20,21). The van der Waals surface area contributed by atoms with Gasteiger partial charge in [0.2, 0.25) is 5.82 Å². The molecular formula is C19H20N8O2. The lowest BCUT2D eigenvalue weighted by atomic mass is 9.99. The molecule has 5 rings (SSSR count). The van der Waals surface area contributed by atoms with Gasteiger partial charge in [0, 0.05) is 31.9 Å². The fraction of sp³-hybridized carbons (Fsp3) is 0.316. The van der Waals surface area contributed by atoms with E-state index >= 15 is 0 Å². The van der Waals surface area contributed by atoms with Crippen LogP contribution in [0.5, 0.6) is 5.75 Å². The van der Waals surface area contributed by atoms with Gasteiger partial charge in [-0.05, 0) is 25.1 Å². The minimum absolute atomic E-state index is 0.198. The smallest absolute Gasteiger partial charge is 0.292 e. The second kappa shape index (κ2) is 6.43. The van der Waals surface area contributed by atoms with Gasteiger partial charge in [0.25, 0.3) is 5.91 Å². The Morgan fingerprint density at radius 3 is 2.97 bits per heavy atom. The van der Waals surface area contributed by atoms with Crippen molar-refractivity contribution < 1.29 is 9.53 Å². The molecule has 1 unspecified atom stereocenters. The van der Waals surface area contributed by atoms with Gasteiger partial charge in [-0.3, -0.25) is 4.79 Å². The first kappa shape index (κ1) is 17.4. The second-order valence-corrected chi connectivity index (χ2v) is 7.00. The summed E-state index contributed by atoms with van der Waals surface area (Å²) in [6.07, 6.45) is 4.20. The molecule has 1 amide bonds. The third-order valence-corrected chi connectivity index (χ3v) is 5.23. The molecule has 0 aromatic carbocycles. The van der Waals surface area contributed by atoms with Gasteiger partial charge in [-0.15, -0.1) is 0 Å². The molecule has 0 spiro atoms. The van der Waals surface area contributed by atoms with Crippen molar-refractivity contribution in [2.75, 3.05) is 13.7 Å². The number of amides is 1. The molecule has 1 atom stereocenters. The van der Waals surface area contributed by atoms with Crippen LogP contribution in [-0.2, 0) is 13.5 Å². The number of ether oxygens (including phenoxy) is 1. The van der Waals surface area contributed by atoms with E-state index in [0.29, 0.717) is 30.4 Å². The van der Waals surface area contributed by atoms with Crippen LogP contribution in [0.1, 0.15) is 39.6 Å². The van der Waals surface area contributed by atoms with E-state index in [2.05, 4.69) is 20.1 Å². The van der Waals surface area contributed by atoms with Gasteiger partial charge in [0.15, 0.2) is 0 Å². The van der Waals surface area contributed by atoms with Crippen molar-refractivity contribution in [3.63, 3.8) is 0 Å². The summed E-state index contributed by atoms with van der Waals surface area (Å²) in [5.41, 5.74) is 3.35. The zero-order valence-electron chi connectivity index (χ0n) is 16.3. The Balaban J connectivity index is 1.65. The van der Waals surface area contributed by atoms with Crippen molar-refractivity contribution >= 4 is 11.4 Å². The van der Waals surface area contributed by atoms with Crippen LogP contribution in [-0.4, -0.2) is 58.8 Å². The molecule has 0 saturated carbocycles. The molecule has 10 nitrogen and oxygen atoms in total. The average Bonchev–Trinajstić information content (AvgIpc) is 3.43. The first-order chi connectivity index (χ1) is 14.1. The Labute approximate surface area is 166 Å². The van der Waals surface area contributed by atoms with Gasteiger partial charge in [-0.25, -0.2) is 19.2 Å². The molecule has 1 aliphatic heterocycles. The molecule has 4 aromatic rings. The van der Waals surface area contributed by atoms with Crippen LogP contribution >= 0.6 is 0 Å². The monoisotopic (exact) mass is 392 g/mol. The first-order valence-corrected chi connectivity index (χ1v) is 9.30. The first-order valence-electron chi connectivity index (χ1n) is 9.30. The molecule has 29 heavy (non-hydrogen) atoms. The highest BCUT2D eigenvalue weighted by atomic mass is 16.5. The topological polar surface area (TPSA) is 106 Å². The Hall–Kier alpha value is -3.69. The number of aromatic amines is 1. The largest absolute Gasteiger partial charge is 0.494 e. The summed E-state index contributed by atoms with van der Waals surface area (Å²) >= 11 is 0. The highest BCUT2D eigenvalue weighted by Crippen LogP contribution is 2.35. The van der Waals surface area contributed by atoms with E-state index in [0.717, 1.165) is 22.6 Å². The summed E-state index contributed by atoms with van der Waals surface area (Å²) < 4.78 is 8.73. The minimum atomic E-state index is -0.431. The van der Waals surface area contributed by atoms with Gasteiger partial charge >= 0.3 is 0 Å². The quantitative estimate of drug-likeness (QED) is 0.563. The summed E-state index contributed by atoms with van der Waals surface area (Å²) in [6, 6.07) is 5.26. The number of aromatic nitrogens is 7. The number of H-pyrrole nitrogens is 1. The minimum Gasteiger partial charge on any atom is -0.494 e. The number of pyridine rings is 1. The van der Waals surface area contributed by atoms with Crippen LogP contribution in [0, 0.1) is 6.92 Å². The van der Waals surface area contributed by atoms with E-state index in [1.165, 1.54) is 4.68 Å². The van der Waals surface area contributed by atoms with Crippen LogP contribution in [0.2, 0.25) is 0 Å². The summed E-state index contributed by atoms with van der Waals surface area (Å²) in [7, 11) is 3.35. The van der Waals surface area contributed by atoms with Crippen LogP contribution in [0.25, 0.3) is 5.52 Å². The molecule has 0 saturated heterocycles. The van der Waals surface area contributed by atoms with Gasteiger partial charge in [-0.1, -0.05) is 0 Å². The van der Waals surface area contributed by atoms with Crippen molar-refractivity contribution in [1.82, 2.24) is 39.2 Å². The zero-order valence-corrected chi connectivity index (χ0v) is 16.3. The molecule has 0 fully saturated rings. The van der Waals surface area contributed by atoms with Crippen LogP contribution in [0.4, 0.5) is 0 Å². The molecular weight excluding hydrogens is 372 g/mol. The number of methoxy groups -OCH3 is 1. The Bertz CT molecular complexity index is 1220. The number of nitrogens with zero attached hydrogens (tertiary/aromatic N) is 7. The van der Waals surface area contributed by atoms with Gasteiger partial charge in [0.05, 0.1) is 24.8 Å². The van der Waals surface area contributed by atoms with Crippen molar-refractivity contribution in [3.8, 4) is 5.75 Å². The van der Waals surface area contributed by atoms with Crippen molar-refractivity contribution in [3.05, 3.63) is 59.5 Å². The molecule has 0 aliphatic carbocycles. The van der Waals surface area contributed by atoms with E-state index in [-0.39, 0.29) is 5.91 Å². The highest BCUT2D eigenvalue weighted by molar-refractivity contribution is 5.91. The summed E-state index contributed by atoms with van der Waals surface area (Å²) in [4.78, 5) is 27.2. The number of carbonyl (C=O) groups is 1. The molecule has 4 aromatic heterocycles. The number of fused-ring (bicyclic) bond motifs is 2. The Morgan fingerprint density at radius 2 is 2.21 bits per heavy atom. The lowest BCUT2D eigenvalue weighted by Crippen LogP contribution is -2.42. The Morgan fingerprint density at radius 1 is 1.34 bits per heavy atom. The number of aryl methyl sites for hydroxylation is 2. The van der Waals surface area contributed by atoms with Crippen LogP contribution in [0.15, 0.2) is 30.7 Å². The third-order valence-electron chi connectivity index (χ3n) is 5.23. The molecule has 148 valence electrons. The summed E-state index contributed by atoms with van der Waals surface area (Å²) in [5, 5.41) is 8.94. The van der Waals surface area contributed by atoms with Gasteiger partial charge < -0.3 is 14.6 Å². The predicted octanol–water partition coefficient (Wildman–Crippen LogP) is 1.29. The second-order valence-electron chi connectivity index (χ2n) is 7.00. The maximum atomic E-state index is 13.4. The zero-order chi connectivity index (χ0) is 20.1. The number of hydrogen-bond donors (Lipinski definition) is 1. The number of nitrogens with one attached hydrogen (secondary N) is 1. The van der Waals surface area contributed by atoms with E-state index < -0.39 is 6.04 Å². The van der Waals surface area contributed by atoms with Crippen molar-refractivity contribution in [2.45, 2.75) is 19.4 Å². The molecule has 1 N–H and O–H groups in total. The number of rotatable bonds is 3. The predicted molar refractivity (Wildman–Crippen MR) is 103 cm³/mol. The maximum Gasteiger partial charge on any atom is 0.292 e. The normalized spacial score (nSPS) is 16.2. The van der Waals surface area contributed by atoms with Crippen molar-refractivity contribution in [2.24, 2.45) is 7.05 Å².